The van der Waals surface area contributed by atoms with Gasteiger partial charge >= 0.3 is 18.3 Å². The van der Waals surface area contributed by atoms with Crippen molar-refractivity contribution in [3.8, 4) is 18.2 Å². The molecule has 0 aromatic heterocycles. The third kappa shape index (κ3) is 12.8. The maximum Gasteiger partial charge on any atom is 0.410 e. The monoisotopic (exact) mass is 439 g/mol. The number of ketones is 1. The highest BCUT2D eigenvalue weighted by Crippen LogP contribution is 2.39. The number of hydrogen-bond acceptors (Lipinski definition) is 7. The van der Waals surface area contributed by atoms with E-state index >= 15 is 0 Å². The maximum atomic E-state index is 12.5. The number of nitriles is 3. The van der Waals surface area contributed by atoms with Gasteiger partial charge in [-0.3, -0.25) is 4.79 Å². The fourth-order valence-corrected chi connectivity index (χ4v) is 1.74. The SMILES string of the molecule is COC(=O)/C=C/C(F)(F)F.COC1=C(C#N)C(C(F)(F)F)CC(=O)C1.N#CCC#N. The highest BCUT2D eigenvalue weighted by Gasteiger charge is 2.47. The molecule has 0 fully saturated rings. The molecule has 0 aromatic rings. The Morgan fingerprint density at radius 3 is 1.97 bits per heavy atom. The summed E-state index contributed by atoms with van der Waals surface area (Å²) >= 11 is 0. The first-order chi connectivity index (χ1) is 13.8. The first-order valence-electron chi connectivity index (χ1n) is 7.60. The minimum absolute atomic E-state index is 0. The number of alkyl halides is 6. The van der Waals surface area contributed by atoms with Gasteiger partial charge in [-0.05, 0) is 0 Å². The Hall–Kier alpha value is -3.53. The predicted octanol–water partition coefficient (Wildman–Crippen LogP) is 3.65. The number of Topliss-reactive ketones (excluding diaryl/α,β-unsaturated/α-hetero) is 1. The van der Waals surface area contributed by atoms with Crippen molar-refractivity contribution in [2.24, 2.45) is 5.92 Å². The molecule has 1 aliphatic carbocycles. The molecule has 7 nitrogen and oxygen atoms in total. The Labute approximate surface area is 167 Å². The van der Waals surface area contributed by atoms with Crippen molar-refractivity contribution in [1.29, 1.82) is 15.8 Å². The van der Waals surface area contributed by atoms with E-state index in [0.717, 1.165) is 14.2 Å². The molecule has 0 spiro atoms. The van der Waals surface area contributed by atoms with Gasteiger partial charge in [-0.1, -0.05) is 0 Å². The summed E-state index contributed by atoms with van der Waals surface area (Å²) in [6, 6.07) is 4.78. The van der Waals surface area contributed by atoms with Crippen molar-refractivity contribution < 1.29 is 45.4 Å². The number of hydrogen-bond donors (Lipinski definition) is 0. The van der Waals surface area contributed by atoms with Crippen LogP contribution in [0.3, 0.4) is 0 Å². The minimum Gasteiger partial charge on any atom is -0.500 e. The lowest BCUT2D eigenvalue weighted by Crippen LogP contribution is -2.31. The van der Waals surface area contributed by atoms with E-state index < -0.39 is 42.0 Å². The predicted molar refractivity (Wildman–Crippen MR) is 86.5 cm³/mol. The van der Waals surface area contributed by atoms with E-state index in [1.54, 1.807) is 12.1 Å². The van der Waals surface area contributed by atoms with Crippen molar-refractivity contribution in [3.63, 3.8) is 0 Å². The van der Waals surface area contributed by atoms with E-state index in [1.807, 2.05) is 0 Å². The second-order valence-corrected chi connectivity index (χ2v) is 5.06. The van der Waals surface area contributed by atoms with E-state index in [-0.39, 0.29) is 24.7 Å². The minimum atomic E-state index is -4.58. The van der Waals surface area contributed by atoms with E-state index in [9.17, 15) is 35.9 Å². The first-order valence-corrected chi connectivity index (χ1v) is 7.60. The average molecular weight is 439 g/mol. The zero-order chi connectivity index (χ0) is 24.0. The molecule has 164 valence electrons. The number of rotatable bonds is 2. The van der Waals surface area contributed by atoms with Crippen LogP contribution in [0.25, 0.3) is 0 Å². The van der Waals surface area contributed by atoms with Gasteiger partial charge in [-0.25, -0.2) is 4.79 Å². The highest BCUT2D eigenvalue weighted by atomic mass is 19.4. The van der Waals surface area contributed by atoms with Gasteiger partial charge in [0.15, 0.2) is 0 Å². The summed E-state index contributed by atoms with van der Waals surface area (Å²) in [6.07, 6.45) is -9.79. The summed E-state index contributed by atoms with van der Waals surface area (Å²) in [7, 11) is 2.15. The van der Waals surface area contributed by atoms with Gasteiger partial charge < -0.3 is 9.47 Å². The second kappa shape index (κ2) is 13.6. The standard InChI is InChI=1S/C9H8F3NO2.C5H5F3O2.C3H2N2/c1-15-8-3-5(14)2-7(6(8)4-13)9(10,11)12;1-10-4(9)2-3-5(6,7)8;4-2-1-3-5/h7H,2-3H2,1H3;2-3H,1H3;1H2/b;3-2+;. The topological polar surface area (TPSA) is 124 Å². The molecule has 1 unspecified atom stereocenters. The Morgan fingerprint density at radius 2 is 1.67 bits per heavy atom. The van der Waals surface area contributed by atoms with Crippen LogP contribution in [0.15, 0.2) is 23.5 Å². The lowest BCUT2D eigenvalue weighted by molar-refractivity contribution is -0.170. The molecule has 1 aliphatic rings. The number of methoxy groups -OCH3 is 2. The van der Waals surface area contributed by atoms with E-state index in [1.165, 1.54) is 6.07 Å². The van der Waals surface area contributed by atoms with Gasteiger partial charge in [0.05, 0.1) is 44.4 Å². The van der Waals surface area contributed by atoms with Crippen LogP contribution in [0.1, 0.15) is 19.3 Å². The molecule has 1 atom stereocenters. The lowest BCUT2D eigenvalue weighted by atomic mass is 9.86. The number of halogens is 6. The van der Waals surface area contributed by atoms with E-state index in [2.05, 4.69) is 9.47 Å². The Kier molecular flexibility index (Phi) is 13.0. The fourth-order valence-electron chi connectivity index (χ4n) is 1.74. The van der Waals surface area contributed by atoms with Crippen molar-refractivity contribution in [2.75, 3.05) is 14.2 Å². The molecule has 0 N–H and O–H groups in total. The van der Waals surface area contributed by atoms with Crippen LogP contribution in [0, 0.1) is 39.9 Å². The first kappa shape index (κ1) is 28.7. The van der Waals surface area contributed by atoms with Crippen molar-refractivity contribution >= 4 is 11.8 Å². The maximum absolute atomic E-state index is 12.5. The van der Waals surface area contributed by atoms with Crippen LogP contribution in [-0.2, 0) is 19.1 Å². The molecule has 0 heterocycles. The molecule has 0 aliphatic heterocycles. The number of carbonyl (C=O) groups excluding carboxylic acids is 2. The number of nitrogens with zero attached hydrogens (tertiary/aromatic N) is 3. The zero-order valence-corrected chi connectivity index (χ0v) is 15.6. The van der Waals surface area contributed by atoms with E-state index in [4.69, 9.17) is 15.8 Å². The average Bonchev–Trinajstić information content (AvgIpc) is 2.65. The molecule has 0 aromatic carbocycles. The Balaban J connectivity index is 0. The molecule has 0 amide bonds. The summed E-state index contributed by atoms with van der Waals surface area (Å²) in [4.78, 5) is 21.1. The van der Waals surface area contributed by atoms with Gasteiger partial charge in [0.25, 0.3) is 0 Å². The smallest absolute Gasteiger partial charge is 0.410 e. The Morgan fingerprint density at radius 1 is 1.13 bits per heavy atom. The van der Waals surface area contributed by atoms with Gasteiger partial charge in [-0.2, -0.15) is 42.1 Å². The summed E-state index contributed by atoms with van der Waals surface area (Å²) in [5.41, 5.74) is -0.482. The summed E-state index contributed by atoms with van der Waals surface area (Å²) in [5, 5.41) is 23.8. The quantitative estimate of drug-likeness (QED) is 0.365. The molecule has 0 bridgehead atoms. The third-order valence-corrected chi connectivity index (χ3v) is 2.97. The number of allylic oxidation sites excluding steroid dienone is 3. The van der Waals surface area contributed by atoms with Gasteiger partial charge in [0.1, 0.15) is 23.9 Å². The third-order valence-electron chi connectivity index (χ3n) is 2.97. The second-order valence-electron chi connectivity index (χ2n) is 5.06. The van der Waals surface area contributed by atoms with Gasteiger partial charge in [-0.15, -0.1) is 0 Å². The van der Waals surface area contributed by atoms with Gasteiger partial charge in [0.2, 0.25) is 0 Å². The normalized spacial score (nSPS) is 16.0. The highest BCUT2D eigenvalue weighted by molar-refractivity contribution is 5.83. The van der Waals surface area contributed by atoms with E-state index in [0.29, 0.717) is 6.08 Å². The lowest BCUT2D eigenvalue weighted by Gasteiger charge is -2.24. The van der Waals surface area contributed by atoms with Crippen LogP contribution in [-0.4, -0.2) is 38.3 Å². The molecule has 0 saturated carbocycles. The molecule has 30 heavy (non-hydrogen) atoms. The molecule has 0 radical (unpaired) electrons. The van der Waals surface area contributed by atoms with Crippen LogP contribution in [0.4, 0.5) is 26.3 Å². The van der Waals surface area contributed by atoms with Gasteiger partial charge in [0, 0.05) is 18.6 Å². The zero-order valence-electron chi connectivity index (χ0n) is 15.6. The van der Waals surface area contributed by atoms with Crippen LogP contribution in [0.5, 0.6) is 0 Å². The molecule has 13 heteroatoms. The number of ether oxygens (including phenoxy) is 2. The van der Waals surface area contributed by atoms with Crippen LogP contribution >= 0.6 is 0 Å². The molecular weight excluding hydrogens is 424 g/mol. The summed E-state index contributed by atoms with van der Waals surface area (Å²) in [5.74, 6) is -3.76. The number of esters is 1. The molecular formula is C17H15F6N3O4. The fraction of sp³-hybridized carbons (Fsp3) is 0.471. The van der Waals surface area contributed by atoms with Crippen LogP contribution < -0.4 is 0 Å². The van der Waals surface area contributed by atoms with Crippen molar-refractivity contribution in [2.45, 2.75) is 31.6 Å². The summed E-state index contributed by atoms with van der Waals surface area (Å²) < 4.78 is 79.7. The molecule has 1 rings (SSSR count). The van der Waals surface area contributed by atoms with Crippen LogP contribution in [0.2, 0.25) is 0 Å². The largest absolute Gasteiger partial charge is 0.500 e. The molecule has 0 saturated heterocycles. The number of carbonyl (C=O) groups is 2. The summed E-state index contributed by atoms with van der Waals surface area (Å²) in [6.45, 7) is 0. The Bertz CT molecular complexity index is 768. The van der Waals surface area contributed by atoms with Crippen molar-refractivity contribution in [3.05, 3.63) is 23.5 Å². The van der Waals surface area contributed by atoms with Crippen molar-refractivity contribution in [1.82, 2.24) is 0 Å².